The van der Waals surface area contributed by atoms with Crippen LogP contribution in [0.3, 0.4) is 0 Å². The molecule has 1 fully saturated rings. The summed E-state index contributed by atoms with van der Waals surface area (Å²) in [5.74, 6) is -0.497. The average Bonchev–Trinajstić information content (AvgIpc) is 2.53. The van der Waals surface area contributed by atoms with E-state index in [-0.39, 0.29) is 30.1 Å². The number of nitrogens with zero attached hydrogens (tertiary/aromatic N) is 2. The van der Waals surface area contributed by atoms with Crippen molar-refractivity contribution in [3.8, 4) is 6.07 Å². The third kappa shape index (κ3) is 5.37. The van der Waals surface area contributed by atoms with E-state index in [0.29, 0.717) is 38.8 Å². The summed E-state index contributed by atoms with van der Waals surface area (Å²) in [6, 6.07) is 8.14. The molecule has 0 aromatic heterocycles. The van der Waals surface area contributed by atoms with E-state index in [4.69, 9.17) is 5.26 Å². The number of likely N-dealkylation sites (tertiary alicyclic amines) is 1. The SMILES string of the molecule is N#CCC(=O)NC1CCN(C(=O)CCc2cccc(F)c2)CC1. The number of hydrogen-bond acceptors (Lipinski definition) is 3. The van der Waals surface area contributed by atoms with Crippen molar-refractivity contribution in [3.05, 3.63) is 35.6 Å². The Balaban J connectivity index is 1.73. The molecule has 1 saturated heterocycles. The van der Waals surface area contributed by atoms with E-state index >= 15 is 0 Å². The van der Waals surface area contributed by atoms with Crippen LogP contribution in [0.5, 0.6) is 0 Å². The summed E-state index contributed by atoms with van der Waals surface area (Å²) in [4.78, 5) is 25.3. The Bertz CT molecular complexity index is 604. The molecule has 122 valence electrons. The number of nitriles is 1. The summed E-state index contributed by atoms with van der Waals surface area (Å²) < 4.78 is 13.1. The molecular weight excluding hydrogens is 297 g/mol. The van der Waals surface area contributed by atoms with Gasteiger partial charge in [-0.3, -0.25) is 9.59 Å². The van der Waals surface area contributed by atoms with Gasteiger partial charge >= 0.3 is 0 Å². The summed E-state index contributed by atoms with van der Waals surface area (Å²) >= 11 is 0. The van der Waals surface area contributed by atoms with Gasteiger partial charge in [0, 0.05) is 25.6 Å². The summed E-state index contributed by atoms with van der Waals surface area (Å²) in [7, 11) is 0. The number of nitrogens with one attached hydrogen (secondary N) is 1. The molecule has 5 nitrogen and oxygen atoms in total. The molecule has 0 radical (unpaired) electrons. The number of amides is 2. The van der Waals surface area contributed by atoms with Gasteiger partial charge in [0.05, 0.1) is 6.07 Å². The Morgan fingerprint density at radius 3 is 2.74 bits per heavy atom. The van der Waals surface area contributed by atoms with E-state index in [0.717, 1.165) is 5.56 Å². The predicted octanol–water partition coefficient (Wildman–Crippen LogP) is 1.78. The topological polar surface area (TPSA) is 73.2 Å². The van der Waals surface area contributed by atoms with Crippen LogP contribution in [0.15, 0.2) is 24.3 Å². The first-order valence-electron chi connectivity index (χ1n) is 7.77. The fourth-order valence-electron chi connectivity index (χ4n) is 2.73. The lowest BCUT2D eigenvalue weighted by Crippen LogP contribution is -2.46. The first-order valence-corrected chi connectivity index (χ1v) is 7.77. The quantitative estimate of drug-likeness (QED) is 0.899. The molecule has 2 rings (SSSR count). The maximum Gasteiger partial charge on any atom is 0.234 e. The predicted molar refractivity (Wildman–Crippen MR) is 82.7 cm³/mol. The molecule has 1 aromatic carbocycles. The Hall–Kier alpha value is -2.42. The second-order valence-corrected chi connectivity index (χ2v) is 5.69. The lowest BCUT2D eigenvalue weighted by molar-refractivity contribution is -0.132. The fraction of sp³-hybridized carbons (Fsp3) is 0.471. The fourth-order valence-corrected chi connectivity index (χ4v) is 2.73. The molecule has 0 unspecified atom stereocenters. The zero-order chi connectivity index (χ0) is 16.7. The van der Waals surface area contributed by atoms with Crippen molar-refractivity contribution >= 4 is 11.8 Å². The molecule has 0 bridgehead atoms. The minimum Gasteiger partial charge on any atom is -0.352 e. The standard InChI is InChI=1S/C17H20FN3O2/c18-14-3-1-2-13(12-14)4-5-17(23)21-10-7-15(8-11-21)20-16(22)6-9-19/h1-3,12,15H,4-8,10-11H2,(H,20,22). The number of piperidine rings is 1. The van der Waals surface area contributed by atoms with Crippen molar-refractivity contribution in [2.24, 2.45) is 0 Å². The van der Waals surface area contributed by atoms with E-state index in [1.807, 2.05) is 12.1 Å². The summed E-state index contributed by atoms with van der Waals surface area (Å²) in [5, 5.41) is 11.3. The van der Waals surface area contributed by atoms with Crippen molar-refractivity contribution in [3.63, 3.8) is 0 Å². The zero-order valence-electron chi connectivity index (χ0n) is 12.9. The lowest BCUT2D eigenvalue weighted by Gasteiger charge is -2.32. The number of carbonyl (C=O) groups excluding carboxylic acids is 2. The number of hydrogen-bond donors (Lipinski definition) is 1. The van der Waals surface area contributed by atoms with Gasteiger partial charge in [0.15, 0.2) is 0 Å². The smallest absolute Gasteiger partial charge is 0.234 e. The Morgan fingerprint density at radius 1 is 1.35 bits per heavy atom. The second-order valence-electron chi connectivity index (χ2n) is 5.69. The highest BCUT2D eigenvalue weighted by Crippen LogP contribution is 2.13. The van der Waals surface area contributed by atoms with Gasteiger partial charge in [-0.2, -0.15) is 5.26 Å². The van der Waals surface area contributed by atoms with E-state index in [9.17, 15) is 14.0 Å². The third-order valence-electron chi connectivity index (χ3n) is 3.97. The van der Waals surface area contributed by atoms with E-state index < -0.39 is 0 Å². The molecule has 1 aliphatic heterocycles. The highest BCUT2D eigenvalue weighted by molar-refractivity contribution is 5.78. The highest BCUT2D eigenvalue weighted by atomic mass is 19.1. The van der Waals surface area contributed by atoms with Gasteiger partial charge in [0.1, 0.15) is 12.2 Å². The molecular formula is C17H20FN3O2. The van der Waals surface area contributed by atoms with Gasteiger partial charge in [0.2, 0.25) is 11.8 Å². The molecule has 1 aliphatic rings. The Labute approximate surface area is 135 Å². The van der Waals surface area contributed by atoms with E-state index in [1.165, 1.54) is 12.1 Å². The molecule has 0 aliphatic carbocycles. The van der Waals surface area contributed by atoms with Gasteiger partial charge < -0.3 is 10.2 Å². The number of halogens is 1. The van der Waals surface area contributed by atoms with Crippen LogP contribution in [0.1, 0.15) is 31.2 Å². The first kappa shape index (κ1) is 16.9. The van der Waals surface area contributed by atoms with Gasteiger partial charge in [0.25, 0.3) is 0 Å². The summed E-state index contributed by atoms with van der Waals surface area (Å²) in [5.41, 5.74) is 0.817. The van der Waals surface area contributed by atoms with Crippen LogP contribution in [0.25, 0.3) is 0 Å². The molecule has 2 amide bonds. The summed E-state index contributed by atoms with van der Waals surface area (Å²) in [6.45, 7) is 1.19. The zero-order valence-corrected chi connectivity index (χ0v) is 12.9. The van der Waals surface area contributed by atoms with Crippen molar-refractivity contribution in [2.45, 2.75) is 38.1 Å². The molecule has 0 saturated carbocycles. The van der Waals surface area contributed by atoms with Crippen molar-refractivity contribution in [1.82, 2.24) is 10.2 Å². The van der Waals surface area contributed by atoms with Crippen LogP contribution in [0, 0.1) is 17.1 Å². The maximum absolute atomic E-state index is 13.1. The largest absolute Gasteiger partial charge is 0.352 e. The van der Waals surface area contributed by atoms with Crippen molar-refractivity contribution in [2.75, 3.05) is 13.1 Å². The second kappa shape index (κ2) is 8.28. The Morgan fingerprint density at radius 2 is 2.09 bits per heavy atom. The molecule has 0 atom stereocenters. The summed E-state index contributed by atoms with van der Waals surface area (Å²) in [6.07, 6.45) is 2.14. The molecule has 6 heteroatoms. The van der Waals surface area contributed by atoms with Crippen LogP contribution < -0.4 is 5.32 Å². The van der Waals surface area contributed by atoms with Crippen molar-refractivity contribution in [1.29, 1.82) is 5.26 Å². The minimum atomic E-state index is -0.288. The van der Waals surface area contributed by atoms with Crippen LogP contribution in [0.4, 0.5) is 4.39 Å². The molecule has 1 heterocycles. The third-order valence-corrected chi connectivity index (χ3v) is 3.97. The lowest BCUT2D eigenvalue weighted by atomic mass is 10.0. The van der Waals surface area contributed by atoms with Crippen LogP contribution in [0.2, 0.25) is 0 Å². The van der Waals surface area contributed by atoms with Gasteiger partial charge in [-0.1, -0.05) is 12.1 Å². The number of rotatable bonds is 5. The monoisotopic (exact) mass is 317 g/mol. The van der Waals surface area contributed by atoms with E-state index in [2.05, 4.69) is 5.32 Å². The molecule has 0 spiro atoms. The van der Waals surface area contributed by atoms with E-state index in [1.54, 1.807) is 11.0 Å². The normalized spacial score (nSPS) is 15.0. The van der Waals surface area contributed by atoms with Crippen LogP contribution in [-0.2, 0) is 16.0 Å². The number of aryl methyl sites for hydroxylation is 1. The van der Waals surface area contributed by atoms with Gasteiger partial charge in [-0.25, -0.2) is 4.39 Å². The maximum atomic E-state index is 13.1. The van der Waals surface area contributed by atoms with Crippen molar-refractivity contribution < 1.29 is 14.0 Å². The van der Waals surface area contributed by atoms with Crippen LogP contribution >= 0.6 is 0 Å². The van der Waals surface area contributed by atoms with Crippen LogP contribution in [-0.4, -0.2) is 35.8 Å². The first-order chi connectivity index (χ1) is 11.1. The minimum absolute atomic E-state index is 0.0307. The van der Waals surface area contributed by atoms with Gasteiger partial charge in [-0.15, -0.1) is 0 Å². The molecule has 1 aromatic rings. The highest BCUT2D eigenvalue weighted by Gasteiger charge is 2.23. The average molecular weight is 317 g/mol. The van der Waals surface area contributed by atoms with Gasteiger partial charge in [-0.05, 0) is 37.0 Å². The molecule has 23 heavy (non-hydrogen) atoms. The Kier molecular flexibility index (Phi) is 6.10. The number of benzene rings is 1. The number of carbonyl (C=O) groups is 2. The molecule has 1 N–H and O–H groups in total.